The maximum Gasteiger partial charge on any atom is 0.292 e. The first-order chi connectivity index (χ1) is 10.1. The molecule has 1 unspecified atom stereocenters. The molecule has 0 fully saturated rings. The molecule has 1 atom stereocenters. The Morgan fingerprint density at radius 2 is 2.24 bits per heavy atom. The first-order valence-electron chi connectivity index (χ1n) is 6.82. The van der Waals surface area contributed by atoms with Crippen molar-refractivity contribution < 1.29 is 9.47 Å². The lowest BCUT2D eigenvalue weighted by Crippen LogP contribution is -2.29. The van der Waals surface area contributed by atoms with Gasteiger partial charge < -0.3 is 14.0 Å². The number of hydrogen-bond donors (Lipinski definition) is 0. The van der Waals surface area contributed by atoms with E-state index in [2.05, 4.69) is 9.97 Å². The molecule has 0 spiro atoms. The Kier molecular flexibility index (Phi) is 3.37. The highest BCUT2D eigenvalue weighted by atomic mass is 16.5. The highest BCUT2D eigenvalue weighted by molar-refractivity contribution is 5.34. The molecule has 2 aromatic rings. The van der Waals surface area contributed by atoms with Crippen molar-refractivity contribution in [3.8, 4) is 11.6 Å². The van der Waals surface area contributed by atoms with E-state index in [1.54, 1.807) is 22.9 Å². The molecule has 0 aliphatic carbocycles. The minimum atomic E-state index is -0.154. The topological polar surface area (TPSA) is 66.2 Å². The quantitative estimate of drug-likeness (QED) is 0.850. The van der Waals surface area contributed by atoms with Crippen LogP contribution < -0.4 is 15.0 Å². The number of rotatable bonds is 3. The Labute approximate surface area is 122 Å². The zero-order chi connectivity index (χ0) is 15.0. The maximum absolute atomic E-state index is 12.1. The van der Waals surface area contributed by atoms with Gasteiger partial charge in [0.15, 0.2) is 5.75 Å². The molecule has 0 aromatic carbocycles. The van der Waals surface area contributed by atoms with Gasteiger partial charge in [0.2, 0.25) is 5.88 Å². The Balaban J connectivity index is 1.83. The van der Waals surface area contributed by atoms with Gasteiger partial charge in [-0.25, -0.2) is 4.98 Å². The highest BCUT2D eigenvalue weighted by Crippen LogP contribution is 2.29. The summed E-state index contributed by atoms with van der Waals surface area (Å²) in [5.74, 6) is 1.67. The number of fused-ring (bicyclic) bond motifs is 1. The average molecular weight is 287 g/mol. The van der Waals surface area contributed by atoms with Crippen molar-refractivity contribution in [3.63, 3.8) is 0 Å². The molecule has 3 rings (SSSR count). The van der Waals surface area contributed by atoms with Crippen LogP contribution in [0, 0.1) is 13.8 Å². The van der Waals surface area contributed by atoms with Gasteiger partial charge in [0.25, 0.3) is 5.56 Å². The molecule has 6 nitrogen and oxygen atoms in total. The lowest BCUT2D eigenvalue weighted by atomic mass is 10.1. The van der Waals surface area contributed by atoms with E-state index >= 15 is 0 Å². The van der Waals surface area contributed by atoms with Crippen LogP contribution in [0.2, 0.25) is 0 Å². The van der Waals surface area contributed by atoms with Gasteiger partial charge in [-0.1, -0.05) is 0 Å². The van der Waals surface area contributed by atoms with Crippen LogP contribution in [0.3, 0.4) is 0 Å². The third-order valence-corrected chi connectivity index (χ3v) is 3.60. The zero-order valence-corrected chi connectivity index (χ0v) is 12.3. The summed E-state index contributed by atoms with van der Waals surface area (Å²) in [7, 11) is 1.49. The van der Waals surface area contributed by atoms with E-state index < -0.39 is 0 Å². The fourth-order valence-electron chi connectivity index (χ4n) is 2.60. The Morgan fingerprint density at radius 3 is 3.00 bits per heavy atom. The van der Waals surface area contributed by atoms with E-state index in [1.165, 1.54) is 7.11 Å². The van der Waals surface area contributed by atoms with Gasteiger partial charge in [0, 0.05) is 23.9 Å². The second-order valence-corrected chi connectivity index (χ2v) is 5.12. The maximum atomic E-state index is 12.1. The Hall–Kier alpha value is -2.37. The molecular formula is C15H17N3O3. The van der Waals surface area contributed by atoms with Crippen LogP contribution in [0.15, 0.2) is 23.1 Å². The van der Waals surface area contributed by atoms with Gasteiger partial charge in [-0.3, -0.25) is 4.79 Å². The summed E-state index contributed by atoms with van der Waals surface area (Å²) >= 11 is 0. The Bertz CT molecular complexity index is 739. The van der Waals surface area contributed by atoms with Crippen LogP contribution in [0.25, 0.3) is 0 Å². The third kappa shape index (κ3) is 2.49. The van der Waals surface area contributed by atoms with E-state index in [0.29, 0.717) is 30.4 Å². The molecule has 3 heterocycles. The number of pyridine rings is 1. The first kappa shape index (κ1) is 13.6. The van der Waals surface area contributed by atoms with Gasteiger partial charge in [0.1, 0.15) is 11.9 Å². The lowest BCUT2D eigenvalue weighted by molar-refractivity contribution is 0.200. The van der Waals surface area contributed by atoms with Gasteiger partial charge in [-0.15, -0.1) is 0 Å². The molecule has 0 amide bonds. The second kappa shape index (κ2) is 5.20. The van der Waals surface area contributed by atoms with E-state index in [1.807, 2.05) is 13.8 Å². The summed E-state index contributed by atoms with van der Waals surface area (Å²) in [6.45, 7) is 4.26. The summed E-state index contributed by atoms with van der Waals surface area (Å²) in [5.41, 5.74) is 1.82. The highest BCUT2D eigenvalue weighted by Gasteiger charge is 2.27. The fourth-order valence-corrected chi connectivity index (χ4v) is 2.60. The van der Waals surface area contributed by atoms with Crippen molar-refractivity contribution in [1.82, 2.24) is 14.5 Å². The largest absolute Gasteiger partial charge is 0.491 e. The van der Waals surface area contributed by atoms with Crippen molar-refractivity contribution in [2.75, 3.05) is 7.11 Å². The zero-order valence-electron chi connectivity index (χ0n) is 12.3. The number of aryl methyl sites for hydroxylation is 2. The van der Waals surface area contributed by atoms with E-state index in [4.69, 9.17) is 9.47 Å². The number of aromatic nitrogens is 3. The van der Waals surface area contributed by atoms with Crippen molar-refractivity contribution in [3.05, 3.63) is 45.8 Å². The molecule has 21 heavy (non-hydrogen) atoms. The van der Waals surface area contributed by atoms with E-state index in [9.17, 15) is 4.79 Å². The van der Waals surface area contributed by atoms with Crippen LogP contribution in [0.5, 0.6) is 11.6 Å². The molecule has 0 N–H and O–H groups in total. The van der Waals surface area contributed by atoms with Crippen molar-refractivity contribution in [2.24, 2.45) is 0 Å². The molecular weight excluding hydrogens is 270 g/mol. The van der Waals surface area contributed by atoms with Crippen LogP contribution >= 0.6 is 0 Å². The lowest BCUT2D eigenvalue weighted by Gasteiger charge is -2.12. The minimum Gasteiger partial charge on any atom is -0.491 e. The summed E-state index contributed by atoms with van der Waals surface area (Å²) < 4.78 is 12.5. The molecule has 1 aliphatic heterocycles. The SMILES string of the molecule is COc1cccn(CC2Cc3c(C)nc(C)nc3O2)c1=O. The summed E-state index contributed by atoms with van der Waals surface area (Å²) in [5, 5.41) is 0. The standard InChI is InChI=1S/C15H17N3O3/c1-9-12-7-11(21-14(12)17-10(2)16-9)8-18-6-4-5-13(20-3)15(18)19/h4-6,11H,7-8H2,1-3H3. The second-order valence-electron chi connectivity index (χ2n) is 5.12. The van der Waals surface area contributed by atoms with E-state index in [-0.39, 0.29) is 11.7 Å². The summed E-state index contributed by atoms with van der Waals surface area (Å²) in [6, 6.07) is 3.44. The van der Waals surface area contributed by atoms with E-state index in [0.717, 1.165) is 11.3 Å². The van der Waals surface area contributed by atoms with Gasteiger partial charge in [-0.05, 0) is 26.0 Å². The van der Waals surface area contributed by atoms with Crippen LogP contribution in [0.1, 0.15) is 17.1 Å². The van der Waals surface area contributed by atoms with Gasteiger partial charge >= 0.3 is 0 Å². The first-order valence-corrected chi connectivity index (χ1v) is 6.82. The predicted octanol–water partition coefficient (Wildman–Crippen LogP) is 1.27. The molecule has 1 aliphatic rings. The molecule has 0 radical (unpaired) electrons. The molecule has 0 saturated carbocycles. The third-order valence-electron chi connectivity index (χ3n) is 3.60. The number of nitrogens with zero attached hydrogens (tertiary/aromatic N) is 3. The van der Waals surface area contributed by atoms with Crippen LogP contribution in [-0.4, -0.2) is 27.7 Å². The number of ether oxygens (including phenoxy) is 2. The molecule has 6 heteroatoms. The number of methoxy groups -OCH3 is 1. The smallest absolute Gasteiger partial charge is 0.292 e. The Morgan fingerprint density at radius 1 is 1.43 bits per heavy atom. The van der Waals surface area contributed by atoms with Crippen molar-refractivity contribution in [1.29, 1.82) is 0 Å². The summed E-state index contributed by atoms with van der Waals surface area (Å²) in [6.07, 6.45) is 2.34. The molecule has 0 saturated heterocycles. The van der Waals surface area contributed by atoms with Crippen molar-refractivity contribution >= 4 is 0 Å². The van der Waals surface area contributed by atoms with Crippen LogP contribution in [-0.2, 0) is 13.0 Å². The normalized spacial score (nSPS) is 16.4. The monoisotopic (exact) mass is 287 g/mol. The number of hydrogen-bond acceptors (Lipinski definition) is 5. The molecule has 2 aromatic heterocycles. The summed E-state index contributed by atoms with van der Waals surface area (Å²) in [4.78, 5) is 20.8. The van der Waals surface area contributed by atoms with Crippen LogP contribution in [0.4, 0.5) is 0 Å². The molecule has 110 valence electrons. The fraction of sp³-hybridized carbons (Fsp3) is 0.400. The van der Waals surface area contributed by atoms with Gasteiger partial charge in [-0.2, -0.15) is 4.98 Å². The predicted molar refractivity (Wildman–Crippen MR) is 76.9 cm³/mol. The molecule has 0 bridgehead atoms. The average Bonchev–Trinajstić information content (AvgIpc) is 2.84. The van der Waals surface area contributed by atoms with Crippen molar-refractivity contribution in [2.45, 2.75) is 32.9 Å². The van der Waals surface area contributed by atoms with Gasteiger partial charge in [0.05, 0.1) is 13.7 Å². The minimum absolute atomic E-state index is 0.111.